The standard InChI is InChI=1S/C36H47N5O3/c1-26-20-39(35(42)31-12-17-44-34(26)31)15-14-38(23-30-7-6-13-37-27(30)2)21-29-10-11-32-33(19-29)40(16-18-43-5)24-36(3,4)25-41(32)22-28-8-9-28/h6-7,10-13,17,19-20,28H,8-9,14-16,18,21-25H2,1-5H3. The van der Waals surface area contributed by atoms with Gasteiger partial charge in [-0.3, -0.25) is 14.7 Å². The molecule has 1 aromatic carbocycles. The molecule has 0 unspecified atom stereocenters. The number of methoxy groups -OCH3 is 1. The lowest BCUT2D eigenvalue weighted by Crippen LogP contribution is -2.40. The first-order valence-electron chi connectivity index (χ1n) is 16.0. The minimum atomic E-state index is -0.00552. The summed E-state index contributed by atoms with van der Waals surface area (Å²) in [6.45, 7) is 16.4. The largest absolute Gasteiger partial charge is 0.464 e. The molecule has 8 nitrogen and oxygen atoms in total. The van der Waals surface area contributed by atoms with Crippen LogP contribution in [0, 0.1) is 25.2 Å². The van der Waals surface area contributed by atoms with E-state index >= 15 is 0 Å². The maximum Gasteiger partial charge on any atom is 0.261 e. The van der Waals surface area contributed by atoms with Gasteiger partial charge in [0.2, 0.25) is 0 Å². The smallest absolute Gasteiger partial charge is 0.261 e. The second-order valence-electron chi connectivity index (χ2n) is 13.7. The molecular formula is C36H47N5O3. The average Bonchev–Trinajstić information content (AvgIpc) is 3.68. The number of pyridine rings is 2. The fourth-order valence-electron chi connectivity index (χ4n) is 6.72. The van der Waals surface area contributed by atoms with E-state index in [2.05, 4.69) is 64.7 Å². The number of hydrogen-bond donors (Lipinski definition) is 0. The number of rotatable bonds is 12. The van der Waals surface area contributed by atoms with E-state index in [1.807, 2.05) is 30.0 Å². The van der Waals surface area contributed by atoms with Crippen LogP contribution in [0.4, 0.5) is 11.4 Å². The van der Waals surface area contributed by atoms with Gasteiger partial charge >= 0.3 is 0 Å². The first-order chi connectivity index (χ1) is 21.2. The van der Waals surface area contributed by atoms with Crippen molar-refractivity contribution in [2.75, 3.05) is 56.2 Å². The molecule has 0 saturated heterocycles. The Bertz CT molecular complexity index is 1650. The van der Waals surface area contributed by atoms with Gasteiger partial charge in [-0.2, -0.15) is 0 Å². The minimum Gasteiger partial charge on any atom is -0.464 e. The molecule has 1 fully saturated rings. The fraction of sp³-hybridized carbons (Fsp3) is 0.500. The lowest BCUT2D eigenvalue weighted by molar-refractivity contribution is 0.202. The lowest BCUT2D eigenvalue weighted by Gasteiger charge is -2.32. The molecule has 0 amide bonds. The number of fused-ring (bicyclic) bond motifs is 2. The number of ether oxygens (including phenoxy) is 1. The van der Waals surface area contributed by atoms with Gasteiger partial charge in [-0.1, -0.05) is 26.0 Å². The quantitative estimate of drug-likeness (QED) is 0.198. The summed E-state index contributed by atoms with van der Waals surface area (Å²) in [7, 11) is 1.79. The molecule has 234 valence electrons. The van der Waals surface area contributed by atoms with Crippen molar-refractivity contribution >= 4 is 22.3 Å². The van der Waals surface area contributed by atoms with Gasteiger partial charge in [0.05, 0.1) is 29.6 Å². The molecule has 2 aliphatic rings. The summed E-state index contributed by atoms with van der Waals surface area (Å²) in [6.07, 6.45) is 8.06. The number of furan rings is 1. The van der Waals surface area contributed by atoms with E-state index in [1.165, 1.54) is 35.3 Å². The summed E-state index contributed by atoms with van der Waals surface area (Å²) in [4.78, 5) is 25.4. The number of aromatic nitrogens is 2. The zero-order valence-electron chi connectivity index (χ0n) is 27.0. The number of anilines is 2. The van der Waals surface area contributed by atoms with E-state index in [0.29, 0.717) is 24.1 Å². The van der Waals surface area contributed by atoms with Crippen LogP contribution in [0.15, 0.2) is 64.3 Å². The zero-order chi connectivity index (χ0) is 30.8. The van der Waals surface area contributed by atoms with Crippen LogP contribution in [-0.4, -0.2) is 60.9 Å². The van der Waals surface area contributed by atoms with Gasteiger partial charge < -0.3 is 23.5 Å². The minimum absolute atomic E-state index is 0.00552. The average molecular weight is 598 g/mol. The second kappa shape index (κ2) is 12.8. The maximum atomic E-state index is 13.3. The van der Waals surface area contributed by atoms with Crippen molar-refractivity contribution < 1.29 is 9.15 Å². The van der Waals surface area contributed by atoms with Gasteiger partial charge in [0, 0.05) is 83.1 Å². The van der Waals surface area contributed by atoms with E-state index in [1.54, 1.807) is 19.4 Å². The van der Waals surface area contributed by atoms with Crippen molar-refractivity contribution in [3.05, 3.63) is 87.8 Å². The summed E-state index contributed by atoms with van der Waals surface area (Å²) in [5, 5.41) is 0.639. The van der Waals surface area contributed by atoms with Crippen LogP contribution in [0.5, 0.6) is 0 Å². The zero-order valence-corrected chi connectivity index (χ0v) is 27.0. The highest BCUT2D eigenvalue weighted by atomic mass is 16.5. The molecule has 0 radical (unpaired) electrons. The van der Waals surface area contributed by atoms with E-state index in [4.69, 9.17) is 9.15 Å². The molecule has 3 aromatic heterocycles. The van der Waals surface area contributed by atoms with Gasteiger partial charge in [0.1, 0.15) is 5.58 Å². The van der Waals surface area contributed by atoms with Crippen LogP contribution in [0.2, 0.25) is 0 Å². The van der Waals surface area contributed by atoms with E-state index in [9.17, 15) is 4.79 Å². The molecule has 44 heavy (non-hydrogen) atoms. The number of hydrogen-bond acceptors (Lipinski definition) is 7. The molecule has 0 atom stereocenters. The third-order valence-electron chi connectivity index (χ3n) is 9.14. The Morgan fingerprint density at radius 1 is 1.05 bits per heavy atom. The van der Waals surface area contributed by atoms with E-state index < -0.39 is 0 Å². The predicted molar refractivity (Wildman–Crippen MR) is 178 cm³/mol. The van der Waals surface area contributed by atoms with Crippen LogP contribution in [0.1, 0.15) is 49.1 Å². The van der Waals surface area contributed by atoms with Crippen LogP contribution in [0.25, 0.3) is 11.0 Å². The van der Waals surface area contributed by atoms with Gasteiger partial charge in [-0.05, 0) is 73.4 Å². The molecule has 6 rings (SSSR count). The van der Waals surface area contributed by atoms with Crippen LogP contribution < -0.4 is 15.4 Å². The van der Waals surface area contributed by atoms with Crippen molar-refractivity contribution in [1.82, 2.24) is 14.5 Å². The van der Waals surface area contributed by atoms with Crippen LogP contribution in [0.3, 0.4) is 0 Å². The highest BCUT2D eigenvalue weighted by molar-refractivity contribution is 5.78. The van der Waals surface area contributed by atoms with Crippen molar-refractivity contribution in [3.63, 3.8) is 0 Å². The summed E-state index contributed by atoms with van der Waals surface area (Å²) < 4.78 is 13.0. The van der Waals surface area contributed by atoms with Gasteiger partial charge in [0.25, 0.3) is 5.56 Å². The molecule has 0 spiro atoms. The monoisotopic (exact) mass is 597 g/mol. The first-order valence-corrected chi connectivity index (χ1v) is 16.0. The van der Waals surface area contributed by atoms with Crippen molar-refractivity contribution in [2.45, 2.75) is 60.2 Å². The SMILES string of the molecule is COCCN1CC(C)(C)CN(CC2CC2)c2ccc(CN(CCn3cc(C)c4occc4c3=O)Cc3cccnc3C)cc21. The molecule has 4 heterocycles. The molecule has 1 aliphatic carbocycles. The number of nitrogens with zero attached hydrogens (tertiary/aromatic N) is 5. The molecule has 1 aliphatic heterocycles. The summed E-state index contributed by atoms with van der Waals surface area (Å²) >= 11 is 0. The number of aryl methyl sites for hydroxylation is 2. The third-order valence-corrected chi connectivity index (χ3v) is 9.14. The molecule has 1 saturated carbocycles. The molecule has 4 aromatic rings. The third kappa shape index (κ3) is 6.87. The lowest BCUT2D eigenvalue weighted by atomic mass is 9.92. The highest BCUT2D eigenvalue weighted by Gasteiger charge is 2.34. The van der Waals surface area contributed by atoms with Crippen molar-refractivity contribution in [3.8, 4) is 0 Å². The van der Waals surface area contributed by atoms with Crippen molar-refractivity contribution in [2.24, 2.45) is 11.3 Å². The first kappa shape index (κ1) is 30.4. The Balaban J connectivity index is 1.31. The normalized spacial score (nSPS) is 16.5. The second-order valence-corrected chi connectivity index (χ2v) is 13.7. The molecule has 0 bridgehead atoms. The highest BCUT2D eigenvalue weighted by Crippen LogP contribution is 2.41. The Labute approximate surface area is 261 Å². The van der Waals surface area contributed by atoms with Gasteiger partial charge in [-0.15, -0.1) is 0 Å². The Morgan fingerprint density at radius 3 is 2.64 bits per heavy atom. The number of benzene rings is 1. The van der Waals surface area contributed by atoms with Gasteiger partial charge in [0.15, 0.2) is 0 Å². The molecule has 0 N–H and O–H groups in total. The summed E-state index contributed by atoms with van der Waals surface area (Å²) in [5.74, 6) is 0.815. The van der Waals surface area contributed by atoms with Crippen LogP contribution in [-0.2, 0) is 24.4 Å². The Hall–Kier alpha value is -3.62. The molecule has 8 heteroatoms. The predicted octanol–water partition coefficient (Wildman–Crippen LogP) is 6.02. The van der Waals surface area contributed by atoms with E-state index in [-0.39, 0.29) is 11.0 Å². The Kier molecular flexibility index (Phi) is 8.83. The van der Waals surface area contributed by atoms with E-state index in [0.717, 1.165) is 63.0 Å². The topological polar surface area (TPSA) is 67.0 Å². The summed E-state index contributed by atoms with van der Waals surface area (Å²) in [5.41, 5.74) is 7.96. The van der Waals surface area contributed by atoms with Crippen molar-refractivity contribution in [1.29, 1.82) is 0 Å². The van der Waals surface area contributed by atoms with Crippen LogP contribution >= 0.6 is 0 Å². The maximum absolute atomic E-state index is 13.3. The van der Waals surface area contributed by atoms with Gasteiger partial charge in [-0.25, -0.2) is 0 Å². The Morgan fingerprint density at radius 2 is 1.86 bits per heavy atom. The molecular weight excluding hydrogens is 550 g/mol. The summed E-state index contributed by atoms with van der Waals surface area (Å²) in [6, 6.07) is 13.0. The fourth-order valence-corrected chi connectivity index (χ4v) is 6.72.